The number of phenols is 1. The second-order valence-corrected chi connectivity index (χ2v) is 9.61. The second kappa shape index (κ2) is 10.2. The van der Waals surface area contributed by atoms with E-state index >= 15 is 0 Å². The number of rotatable bonds is 7. The molecular weight excluding hydrogens is 574 g/mol. The van der Waals surface area contributed by atoms with Gasteiger partial charge in [0, 0.05) is 9.86 Å². The Morgan fingerprint density at radius 2 is 1.79 bits per heavy atom. The molecule has 3 aromatic rings. The fraction of sp³-hybridized carbons (Fsp3) is 0.167. The van der Waals surface area contributed by atoms with Gasteiger partial charge in [-0.15, -0.1) is 0 Å². The first-order valence-electron chi connectivity index (χ1n) is 10.1. The third kappa shape index (κ3) is 4.90. The summed E-state index contributed by atoms with van der Waals surface area (Å²) in [6, 6.07) is 15.3. The molecule has 0 saturated carbocycles. The zero-order valence-electron chi connectivity index (χ0n) is 17.5. The Kier molecular flexibility index (Phi) is 7.31. The van der Waals surface area contributed by atoms with Crippen molar-refractivity contribution in [2.24, 2.45) is 0 Å². The van der Waals surface area contributed by atoms with Crippen molar-refractivity contribution in [1.82, 2.24) is 4.90 Å². The van der Waals surface area contributed by atoms with Crippen molar-refractivity contribution >= 4 is 71.6 Å². The Bertz CT molecular complexity index is 1270. The lowest BCUT2D eigenvalue weighted by atomic mass is 10.1. The molecule has 0 aliphatic carbocycles. The van der Waals surface area contributed by atoms with Gasteiger partial charge in [-0.05, 0) is 79.7 Å². The van der Waals surface area contributed by atoms with E-state index in [4.69, 9.17) is 9.47 Å². The van der Waals surface area contributed by atoms with E-state index < -0.39 is 0 Å². The normalized spacial score (nSPS) is 15.0. The topological polar surface area (TPSA) is 76.1 Å². The fourth-order valence-electron chi connectivity index (χ4n) is 3.38. The van der Waals surface area contributed by atoms with Crippen molar-refractivity contribution < 1.29 is 24.2 Å². The van der Waals surface area contributed by atoms with Crippen molar-refractivity contribution in [3.63, 3.8) is 0 Å². The first kappa shape index (κ1) is 23.7. The highest BCUT2D eigenvalue weighted by Gasteiger charge is 2.35. The number of thioether (sulfide) groups is 1. The molecule has 3 aromatic carbocycles. The number of carbonyl (C=O) groups is 2. The standard InChI is InChI=1S/C24H19Br2NO5S/c1-2-31-18-12-15(20(25)21(26)22(18)28)13-19-23(29)27(24(30)33-19)10-11-32-17-9-5-7-14-6-3-4-8-16(14)17/h3-9,12-13,28H,2,10-11H2,1H3/b19-13-. The van der Waals surface area contributed by atoms with Gasteiger partial charge in [-0.2, -0.15) is 0 Å². The quantitative estimate of drug-likeness (QED) is 0.312. The molecule has 0 aromatic heterocycles. The summed E-state index contributed by atoms with van der Waals surface area (Å²) in [7, 11) is 0. The largest absolute Gasteiger partial charge is 0.503 e. The molecule has 1 aliphatic heterocycles. The molecule has 9 heteroatoms. The SMILES string of the molecule is CCOc1cc(/C=C2\SC(=O)N(CCOc3cccc4ccccc34)C2=O)c(Br)c(Br)c1O. The number of carbonyl (C=O) groups excluding carboxylic acids is 2. The minimum absolute atomic E-state index is 0.0421. The number of fused-ring (bicyclic) bond motifs is 1. The van der Waals surface area contributed by atoms with Crippen molar-refractivity contribution in [1.29, 1.82) is 0 Å². The number of phenolic OH excluding ortho intramolecular Hbond substituents is 1. The molecule has 0 atom stereocenters. The van der Waals surface area contributed by atoms with E-state index in [-0.39, 0.29) is 40.7 Å². The Balaban J connectivity index is 1.49. The van der Waals surface area contributed by atoms with Crippen LogP contribution in [-0.2, 0) is 4.79 Å². The first-order valence-corrected chi connectivity index (χ1v) is 12.5. The van der Waals surface area contributed by atoms with Crippen LogP contribution >= 0.6 is 43.6 Å². The summed E-state index contributed by atoms with van der Waals surface area (Å²) < 4.78 is 12.3. The zero-order valence-corrected chi connectivity index (χ0v) is 21.5. The Morgan fingerprint density at radius 1 is 1.03 bits per heavy atom. The number of aromatic hydroxyl groups is 1. The van der Waals surface area contributed by atoms with Crippen LogP contribution in [0.15, 0.2) is 62.4 Å². The molecule has 1 saturated heterocycles. The number of halogens is 2. The minimum atomic E-state index is -0.388. The van der Waals surface area contributed by atoms with Crippen LogP contribution in [0, 0.1) is 0 Å². The van der Waals surface area contributed by atoms with Crippen LogP contribution in [0.4, 0.5) is 4.79 Å². The van der Waals surface area contributed by atoms with E-state index in [2.05, 4.69) is 31.9 Å². The van der Waals surface area contributed by atoms with Gasteiger partial charge in [-0.25, -0.2) is 0 Å². The number of hydrogen-bond acceptors (Lipinski definition) is 6. The molecule has 6 nitrogen and oxygen atoms in total. The Morgan fingerprint density at radius 3 is 2.58 bits per heavy atom. The van der Waals surface area contributed by atoms with Crippen LogP contribution in [-0.4, -0.2) is 40.9 Å². The van der Waals surface area contributed by atoms with Crippen molar-refractivity contribution in [2.45, 2.75) is 6.92 Å². The summed E-state index contributed by atoms with van der Waals surface area (Å²) in [5.74, 6) is 0.554. The number of benzene rings is 3. The van der Waals surface area contributed by atoms with Gasteiger partial charge >= 0.3 is 0 Å². The van der Waals surface area contributed by atoms with Crippen LogP contribution in [0.25, 0.3) is 16.8 Å². The highest BCUT2D eigenvalue weighted by atomic mass is 79.9. The number of imide groups is 1. The summed E-state index contributed by atoms with van der Waals surface area (Å²) in [6.07, 6.45) is 1.60. The minimum Gasteiger partial charge on any atom is -0.503 e. The van der Waals surface area contributed by atoms with Crippen molar-refractivity contribution in [2.75, 3.05) is 19.8 Å². The van der Waals surface area contributed by atoms with E-state index in [1.54, 1.807) is 19.1 Å². The van der Waals surface area contributed by atoms with E-state index in [1.807, 2.05) is 42.5 Å². The van der Waals surface area contributed by atoms with Crippen LogP contribution in [0.1, 0.15) is 12.5 Å². The molecule has 4 rings (SSSR count). The molecule has 1 heterocycles. The number of ether oxygens (including phenoxy) is 2. The molecule has 0 spiro atoms. The molecular formula is C24H19Br2NO5S. The predicted octanol–water partition coefficient (Wildman–Crippen LogP) is 6.58. The number of hydrogen-bond donors (Lipinski definition) is 1. The van der Waals surface area contributed by atoms with E-state index in [1.165, 1.54) is 4.90 Å². The lowest BCUT2D eigenvalue weighted by molar-refractivity contribution is -0.123. The van der Waals surface area contributed by atoms with Gasteiger partial charge in [-0.3, -0.25) is 14.5 Å². The molecule has 0 unspecified atom stereocenters. The molecule has 2 amide bonds. The first-order chi connectivity index (χ1) is 15.9. The summed E-state index contributed by atoms with van der Waals surface area (Å²) in [5, 5.41) is 11.9. The van der Waals surface area contributed by atoms with Crippen LogP contribution in [0.2, 0.25) is 0 Å². The Labute approximate surface area is 211 Å². The average molecular weight is 593 g/mol. The second-order valence-electron chi connectivity index (χ2n) is 7.03. The van der Waals surface area contributed by atoms with Crippen LogP contribution < -0.4 is 9.47 Å². The van der Waals surface area contributed by atoms with E-state index in [0.29, 0.717) is 26.9 Å². The predicted molar refractivity (Wildman–Crippen MR) is 137 cm³/mol. The fourth-order valence-corrected chi connectivity index (χ4v) is 5.08. The maximum absolute atomic E-state index is 12.9. The third-order valence-electron chi connectivity index (χ3n) is 4.96. The maximum Gasteiger partial charge on any atom is 0.293 e. The van der Waals surface area contributed by atoms with Gasteiger partial charge in [0.15, 0.2) is 11.5 Å². The van der Waals surface area contributed by atoms with Crippen molar-refractivity contribution in [3.8, 4) is 17.2 Å². The molecule has 1 fully saturated rings. The highest BCUT2D eigenvalue weighted by molar-refractivity contribution is 9.13. The third-order valence-corrected chi connectivity index (χ3v) is 8.02. The zero-order chi connectivity index (χ0) is 23.5. The average Bonchev–Trinajstić information content (AvgIpc) is 3.08. The molecule has 170 valence electrons. The molecule has 33 heavy (non-hydrogen) atoms. The van der Waals surface area contributed by atoms with Crippen molar-refractivity contribution in [3.05, 3.63) is 67.9 Å². The summed E-state index contributed by atoms with van der Waals surface area (Å²) in [4.78, 5) is 26.9. The number of nitrogens with zero attached hydrogens (tertiary/aromatic N) is 1. The van der Waals surface area contributed by atoms with E-state index in [0.717, 1.165) is 22.5 Å². The van der Waals surface area contributed by atoms with E-state index in [9.17, 15) is 14.7 Å². The van der Waals surface area contributed by atoms with Gasteiger partial charge in [-0.1, -0.05) is 36.4 Å². The van der Waals surface area contributed by atoms with Gasteiger partial charge in [0.05, 0.1) is 22.5 Å². The summed E-state index contributed by atoms with van der Waals surface area (Å²) in [6.45, 7) is 2.49. The molecule has 1 aliphatic rings. The Hall–Kier alpha value is -2.49. The van der Waals surface area contributed by atoms with Gasteiger partial charge < -0.3 is 14.6 Å². The van der Waals surface area contributed by atoms with Gasteiger partial charge in [0.1, 0.15) is 12.4 Å². The molecule has 1 N–H and O–H groups in total. The smallest absolute Gasteiger partial charge is 0.293 e. The van der Waals surface area contributed by atoms with Crippen LogP contribution in [0.3, 0.4) is 0 Å². The monoisotopic (exact) mass is 591 g/mol. The lowest BCUT2D eigenvalue weighted by Gasteiger charge is -2.14. The maximum atomic E-state index is 12.9. The van der Waals surface area contributed by atoms with Crippen LogP contribution in [0.5, 0.6) is 17.2 Å². The molecule has 0 bridgehead atoms. The number of amides is 2. The summed E-state index contributed by atoms with van der Waals surface area (Å²) in [5.41, 5.74) is 0.598. The van der Waals surface area contributed by atoms with Gasteiger partial charge in [0.25, 0.3) is 11.1 Å². The van der Waals surface area contributed by atoms with Gasteiger partial charge in [0.2, 0.25) is 0 Å². The summed E-state index contributed by atoms with van der Waals surface area (Å²) >= 11 is 7.60. The lowest BCUT2D eigenvalue weighted by Crippen LogP contribution is -2.32. The highest BCUT2D eigenvalue weighted by Crippen LogP contribution is 2.43. The molecule has 0 radical (unpaired) electrons.